The Labute approximate surface area is 142 Å². The second kappa shape index (κ2) is 3.40. The lowest BCUT2D eigenvalue weighted by atomic mass is 9.39. The molecule has 9 rings (SSSR count). The summed E-state index contributed by atoms with van der Waals surface area (Å²) in [4.78, 5) is 2.60. The summed E-state index contributed by atoms with van der Waals surface area (Å²) in [6, 6.07) is 0.645. The number of fused-ring (bicyclic) bond motifs is 1. The van der Waals surface area contributed by atoms with E-state index >= 15 is 0 Å². The molecular weight excluding hydrogens is 302 g/mol. The minimum absolute atomic E-state index is 0.135. The number of nitrogens with zero attached hydrogens (tertiary/aromatic N) is 1. The number of aliphatic hydroxyl groups excluding tert-OH is 3. The van der Waals surface area contributed by atoms with Crippen LogP contribution in [0.1, 0.15) is 32.6 Å². The molecule has 24 heavy (non-hydrogen) atoms. The molecule has 0 aromatic rings. The fraction of sp³-hybridized carbons (Fsp3) is 0.900. The lowest BCUT2D eigenvalue weighted by Crippen LogP contribution is -2.73. The summed E-state index contributed by atoms with van der Waals surface area (Å²) in [5, 5.41) is 34.1. The highest BCUT2D eigenvalue weighted by molar-refractivity contribution is 5.44. The summed E-state index contributed by atoms with van der Waals surface area (Å²) in [6.07, 6.45) is 3.06. The Morgan fingerprint density at radius 2 is 1.88 bits per heavy atom. The van der Waals surface area contributed by atoms with Gasteiger partial charge in [-0.25, -0.2) is 0 Å². The molecule has 3 aliphatic heterocycles. The van der Waals surface area contributed by atoms with Gasteiger partial charge in [0.1, 0.15) is 0 Å². The topological polar surface area (TPSA) is 63.9 Å². The minimum Gasteiger partial charge on any atom is -0.392 e. The van der Waals surface area contributed by atoms with Crippen molar-refractivity contribution in [2.45, 2.75) is 63.0 Å². The van der Waals surface area contributed by atoms with Crippen LogP contribution in [0.2, 0.25) is 0 Å². The Morgan fingerprint density at radius 1 is 1.08 bits per heavy atom. The van der Waals surface area contributed by atoms with Crippen LogP contribution in [0.3, 0.4) is 0 Å². The third-order valence-corrected chi connectivity index (χ3v) is 10.3. The van der Waals surface area contributed by atoms with Crippen molar-refractivity contribution in [3.05, 3.63) is 12.2 Å². The molecule has 13 atom stereocenters. The molecule has 9 fully saturated rings. The van der Waals surface area contributed by atoms with Gasteiger partial charge < -0.3 is 15.3 Å². The van der Waals surface area contributed by atoms with Crippen molar-refractivity contribution >= 4 is 0 Å². The molecule has 0 aromatic carbocycles. The Hall–Kier alpha value is -0.420. The van der Waals surface area contributed by atoms with E-state index in [1.165, 1.54) is 19.3 Å². The molecule has 6 aliphatic carbocycles. The first kappa shape index (κ1) is 13.7. The zero-order chi connectivity index (χ0) is 16.4. The molecule has 4 heteroatoms. The van der Waals surface area contributed by atoms with Gasteiger partial charge in [-0.15, -0.1) is 0 Å². The lowest BCUT2D eigenvalue weighted by Gasteiger charge is -2.67. The summed E-state index contributed by atoms with van der Waals surface area (Å²) >= 11 is 0. The molecule has 3 saturated heterocycles. The van der Waals surface area contributed by atoms with Crippen molar-refractivity contribution in [3.8, 4) is 0 Å². The standard InChI is InChI=1S/C20H27NO3/c1-8-6-20-10-12(22)9(8)13(23)15(20)19-5-3-4-18(2)7-21(16(10)19)11(14(18)19)17(20)24/h9-17,22-24H,1,3-7H2,2H3/t9-,10+,11+,12+,13-,14+,15-,16+,17-,18+,19-,20-/m0/s1. The van der Waals surface area contributed by atoms with E-state index in [2.05, 4.69) is 18.4 Å². The third kappa shape index (κ3) is 0.922. The number of hydrogen-bond donors (Lipinski definition) is 3. The highest BCUT2D eigenvalue weighted by atomic mass is 16.3. The molecule has 0 amide bonds. The maximum Gasteiger partial charge on any atom is 0.0765 e. The van der Waals surface area contributed by atoms with E-state index in [0.29, 0.717) is 17.4 Å². The molecule has 6 saturated carbocycles. The van der Waals surface area contributed by atoms with Crippen molar-refractivity contribution in [2.24, 2.45) is 39.9 Å². The quantitative estimate of drug-likeness (QED) is 0.574. The molecule has 0 aromatic heterocycles. The summed E-state index contributed by atoms with van der Waals surface area (Å²) in [5.41, 5.74) is 1.10. The molecule has 9 bridgehead atoms. The normalized spacial score (nSPS) is 76.1. The lowest BCUT2D eigenvalue weighted by molar-refractivity contribution is -0.251. The van der Waals surface area contributed by atoms with Crippen molar-refractivity contribution in [1.29, 1.82) is 0 Å². The van der Waals surface area contributed by atoms with Gasteiger partial charge in [-0.05, 0) is 36.0 Å². The summed E-state index contributed by atoms with van der Waals surface area (Å²) < 4.78 is 0. The molecule has 3 N–H and O–H groups in total. The first-order valence-electron chi connectivity index (χ1n) is 9.87. The molecule has 1 unspecified atom stereocenters. The smallest absolute Gasteiger partial charge is 0.0765 e. The van der Waals surface area contributed by atoms with Gasteiger partial charge in [-0.1, -0.05) is 25.5 Å². The van der Waals surface area contributed by atoms with Gasteiger partial charge >= 0.3 is 0 Å². The molecule has 3 heterocycles. The van der Waals surface area contributed by atoms with Gasteiger partial charge in [0.05, 0.1) is 18.3 Å². The number of rotatable bonds is 0. The van der Waals surface area contributed by atoms with Crippen molar-refractivity contribution < 1.29 is 15.3 Å². The van der Waals surface area contributed by atoms with Crippen molar-refractivity contribution in [1.82, 2.24) is 4.90 Å². The summed E-state index contributed by atoms with van der Waals surface area (Å²) in [6.45, 7) is 7.72. The van der Waals surface area contributed by atoms with Crippen LogP contribution >= 0.6 is 0 Å². The average Bonchev–Trinajstić information content (AvgIpc) is 2.99. The molecule has 2 spiro atoms. The number of hydrogen-bond acceptors (Lipinski definition) is 4. The van der Waals surface area contributed by atoms with E-state index in [1.54, 1.807) is 0 Å². The summed E-state index contributed by atoms with van der Waals surface area (Å²) in [7, 11) is 0. The fourth-order valence-corrected chi connectivity index (χ4v) is 10.5. The zero-order valence-corrected chi connectivity index (χ0v) is 14.2. The Bertz CT molecular complexity index is 709. The molecule has 0 radical (unpaired) electrons. The molecule has 4 nitrogen and oxygen atoms in total. The highest BCUT2D eigenvalue weighted by Crippen LogP contribution is 2.86. The highest BCUT2D eigenvalue weighted by Gasteiger charge is 2.91. The van der Waals surface area contributed by atoms with Crippen molar-refractivity contribution in [3.63, 3.8) is 0 Å². The van der Waals surface area contributed by atoms with Crippen LogP contribution in [0.15, 0.2) is 12.2 Å². The Morgan fingerprint density at radius 3 is 2.67 bits per heavy atom. The summed E-state index contributed by atoms with van der Waals surface area (Å²) in [5.74, 6) is 0.647. The van der Waals surface area contributed by atoms with Crippen LogP contribution in [-0.4, -0.2) is 57.2 Å². The van der Waals surface area contributed by atoms with Crippen LogP contribution < -0.4 is 0 Å². The second-order valence-corrected chi connectivity index (χ2v) is 10.6. The largest absolute Gasteiger partial charge is 0.392 e. The van der Waals surface area contributed by atoms with E-state index in [9.17, 15) is 15.3 Å². The number of piperidine rings is 2. The first-order valence-corrected chi connectivity index (χ1v) is 9.87. The molecular formula is C20H27NO3. The van der Waals surface area contributed by atoms with E-state index in [4.69, 9.17) is 0 Å². The minimum atomic E-state index is -0.523. The monoisotopic (exact) mass is 329 g/mol. The van der Waals surface area contributed by atoms with Gasteiger partial charge in [-0.2, -0.15) is 0 Å². The van der Waals surface area contributed by atoms with Gasteiger partial charge in [0.25, 0.3) is 0 Å². The van der Waals surface area contributed by atoms with E-state index in [1.807, 2.05) is 0 Å². The van der Waals surface area contributed by atoms with E-state index in [0.717, 1.165) is 18.5 Å². The van der Waals surface area contributed by atoms with Crippen LogP contribution in [0, 0.1) is 39.9 Å². The predicted octanol–water partition coefficient (Wildman–Crippen LogP) is 0.764. The van der Waals surface area contributed by atoms with E-state index in [-0.39, 0.29) is 34.6 Å². The Kier molecular flexibility index (Phi) is 1.95. The second-order valence-electron chi connectivity index (χ2n) is 10.6. The maximum absolute atomic E-state index is 11.6. The first-order chi connectivity index (χ1) is 11.4. The maximum atomic E-state index is 11.6. The zero-order valence-electron chi connectivity index (χ0n) is 14.2. The van der Waals surface area contributed by atoms with Crippen LogP contribution in [-0.2, 0) is 0 Å². The van der Waals surface area contributed by atoms with Crippen LogP contribution in [0.5, 0.6) is 0 Å². The van der Waals surface area contributed by atoms with Gasteiger partial charge in [-0.3, -0.25) is 4.90 Å². The average molecular weight is 329 g/mol. The molecule has 9 aliphatic rings. The van der Waals surface area contributed by atoms with Crippen LogP contribution in [0.4, 0.5) is 0 Å². The third-order valence-electron chi connectivity index (χ3n) is 10.3. The van der Waals surface area contributed by atoms with Crippen molar-refractivity contribution in [2.75, 3.05) is 6.54 Å². The van der Waals surface area contributed by atoms with Gasteiger partial charge in [0.2, 0.25) is 0 Å². The van der Waals surface area contributed by atoms with Gasteiger partial charge in [0, 0.05) is 41.8 Å². The fourth-order valence-electron chi connectivity index (χ4n) is 10.5. The molecule has 130 valence electrons. The Balaban J connectivity index is 1.57. The number of aliphatic hydroxyl groups is 3. The van der Waals surface area contributed by atoms with E-state index < -0.39 is 18.3 Å². The van der Waals surface area contributed by atoms with Gasteiger partial charge in [0.15, 0.2) is 0 Å². The predicted molar refractivity (Wildman–Crippen MR) is 86.8 cm³/mol. The van der Waals surface area contributed by atoms with Crippen LogP contribution in [0.25, 0.3) is 0 Å². The SMILES string of the molecule is C=C1C[C@]23[C@@H]4[C@H](O)[C@H]1[C@H](O)[C@H]2[C@]12CCC[C@]5(C)CN([C@H]([C@H]51)[C@@H]3O)[C@H]42.